The van der Waals surface area contributed by atoms with Crippen molar-refractivity contribution in [3.63, 3.8) is 0 Å². The predicted octanol–water partition coefficient (Wildman–Crippen LogP) is 4.02. The molecule has 0 aliphatic heterocycles. The number of benzene rings is 2. The Kier molecular flexibility index (Phi) is 4.70. The number of para-hydroxylation sites is 1. The molecule has 21 heavy (non-hydrogen) atoms. The maximum atomic E-state index is 12.0. The van der Waals surface area contributed by atoms with Crippen LogP contribution in [0.2, 0.25) is 0 Å². The lowest BCUT2D eigenvalue weighted by atomic mass is 10.1. The van der Waals surface area contributed by atoms with Gasteiger partial charge in [0.05, 0.1) is 4.92 Å². The molecule has 2 aromatic rings. The monoisotopic (exact) mass is 349 g/mol. The normalized spacial score (nSPS) is 10.2. The van der Waals surface area contributed by atoms with Crippen LogP contribution in [0.3, 0.4) is 0 Å². The number of carbonyl (C=O) groups excluding carboxylic acids is 1. The predicted molar refractivity (Wildman–Crippen MR) is 81.1 cm³/mol. The van der Waals surface area contributed by atoms with Crippen molar-refractivity contribution in [2.75, 3.05) is 0 Å². The zero-order valence-corrected chi connectivity index (χ0v) is 12.8. The molecule has 0 saturated carbocycles. The van der Waals surface area contributed by atoms with Gasteiger partial charge in [-0.15, -0.1) is 0 Å². The van der Waals surface area contributed by atoms with Crippen LogP contribution in [-0.2, 0) is 11.3 Å². The average Bonchev–Trinajstić information content (AvgIpc) is 2.45. The second-order valence-electron chi connectivity index (χ2n) is 4.43. The Balaban J connectivity index is 2.16. The Morgan fingerprint density at radius 1 is 1.24 bits per heavy atom. The summed E-state index contributed by atoms with van der Waals surface area (Å²) in [6.07, 6.45) is 0. The number of nitrogens with zero attached hydrogens (tertiary/aromatic N) is 1. The van der Waals surface area contributed by atoms with Crippen LogP contribution in [0.1, 0.15) is 21.5 Å². The number of hydrogen-bond acceptors (Lipinski definition) is 4. The molecule has 0 bridgehead atoms. The first-order valence-corrected chi connectivity index (χ1v) is 6.94. The molecule has 6 heteroatoms. The molecule has 0 heterocycles. The van der Waals surface area contributed by atoms with Gasteiger partial charge in [-0.1, -0.05) is 40.2 Å². The summed E-state index contributed by atoms with van der Waals surface area (Å²) in [6.45, 7) is 1.65. The Hall–Kier alpha value is -2.21. The van der Waals surface area contributed by atoms with Crippen molar-refractivity contribution in [1.82, 2.24) is 0 Å². The number of hydrogen-bond donors (Lipinski definition) is 0. The van der Waals surface area contributed by atoms with E-state index in [1.165, 1.54) is 6.07 Å². The topological polar surface area (TPSA) is 69.4 Å². The first-order valence-electron chi connectivity index (χ1n) is 6.14. The largest absolute Gasteiger partial charge is 0.457 e. The van der Waals surface area contributed by atoms with Crippen molar-refractivity contribution in [3.05, 3.63) is 73.7 Å². The molecule has 0 spiro atoms. The number of nitro benzene ring substituents is 1. The van der Waals surface area contributed by atoms with Gasteiger partial charge < -0.3 is 4.74 Å². The van der Waals surface area contributed by atoms with Gasteiger partial charge in [0, 0.05) is 10.0 Å². The SMILES string of the molecule is Cc1cccc(C(=O)OCc2ccc(Br)cc2)c1[N+](=O)[O-]. The van der Waals surface area contributed by atoms with Gasteiger partial charge in [-0.3, -0.25) is 10.1 Å². The molecule has 5 nitrogen and oxygen atoms in total. The second kappa shape index (κ2) is 6.49. The van der Waals surface area contributed by atoms with Crippen LogP contribution < -0.4 is 0 Å². The highest BCUT2D eigenvalue weighted by atomic mass is 79.9. The molecular formula is C15H12BrNO4. The van der Waals surface area contributed by atoms with Crippen molar-refractivity contribution >= 4 is 27.6 Å². The van der Waals surface area contributed by atoms with Gasteiger partial charge in [0.15, 0.2) is 0 Å². The minimum atomic E-state index is -0.701. The van der Waals surface area contributed by atoms with E-state index in [9.17, 15) is 14.9 Å². The van der Waals surface area contributed by atoms with E-state index in [4.69, 9.17) is 4.74 Å². The number of esters is 1. The van der Waals surface area contributed by atoms with Crippen LogP contribution in [0.4, 0.5) is 5.69 Å². The molecule has 2 rings (SSSR count). The molecule has 0 atom stereocenters. The molecule has 0 aliphatic rings. The molecule has 0 unspecified atom stereocenters. The number of rotatable bonds is 4. The molecule has 2 aromatic carbocycles. The fourth-order valence-corrected chi connectivity index (χ4v) is 2.14. The number of ether oxygens (including phenoxy) is 1. The molecule has 108 valence electrons. The lowest BCUT2D eigenvalue weighted by Crippen LogP contribution is -2.09. The number of halogens is 1. The minimum Gasteiger partial charge on any atom is -0.457 e. The Morgan fingerprint density at radius 3 is 2.52 bits per heavy atom. The van der Waals surface area contributed by atoms with Gasteiger partial charge in [0.2, 0.25) is 0 Å². The summed E-state index contributed by atoms with van der Waals surface area (Å²) in [5.41, 5.74) is 0.996. The van der Waals surface area contributed by atoms with Gasteiger partial charge in [-0.2, -0.15) is 0 Å². The van der Waals surface area contributed by atoms with Gasteiger partial charge in [-0.05, 0) is 30.7 Å². The zero-order chi connectivity index (χ0) is 15.4. The van der Waals surface area contributed by atoms with E-state index in [1.807, 2.05) is 24.3 Å². The van der Waals surface area contributed by atoms with Gasteiger partial charge in [0.1, 0.15) is 12.2 Å². The third kappa shape index (κ3) is 3.66. The van der Waals surface area contributed by atoms with Crippen molar-refractivity contribution in [2.45, 2.75) is 13.5 Å². The van der Waals surface area contributed by atoms with E-state index >= 15 is 0 Å². The standard InChI is InChI=1S/C15H12BrNO4/c1-10-3-2-4-13(14(10)17(19)20)15(18)21-9-11-5-7-12(16)8-6-11/h2-8H,9H2,1H3. The first kappa shape index (κ1) is 15.2. The maximum absolute atomic E-state index is 12.0. The molecule has 0 amide bonds. The minimum absolute atomic E-state index is 0.0305. The number of carbonyl (C=O) groups is 1. The number of aryl methyl sites for hydroxylation is 1. The summed E-state index contributed by atoms with van der Waals surface area (Å²) in [5, 5.41) is 11.1. The zero-order valence-electron chi connectivity index (χ0n) is 11.2. The Morgan fingerprint density at radius 2 is 1.90 bits per heavy atom. The lowest BCUT2D eigenvalue weighted by molar-refractivity contribution is -0.385. The summed E-state index contributed by atoms with van der Waals surface area (Å²) in [6, 6.07) is 11.9. The lowest BCUT2D eigenvalue weighted by Gasteiger charge is -2.07. The highest BCUT2D eigenvalue weighted by Crippen LogP contribution is 2.24. The van der Waals surface area contributed by atoms with E-state index in [1.54, 1.807) is 19.1 Å². The fourth-order valence-electron chi connectivity index (χ4n) is 1.87. The van der Waals surface area contributed by atoms with Gasteiger partial charge in [-0.25, -0.2) is 4.79 Å². The first-order chi connectivity index (χ1) is 9.99. The van der Waals surface area contributed by atoms with Crippen molar-refractivity contribution in [3.8, 4) is 0 Å². The van der Waals surface area contributed by atoms with Crippen LogP contribution in [0, 0.1) is 17.0 Å². The molecule has 0 aliphatic carbocycles. The smallest absolute Gasteiger partial charge is 0.345 e. The van der Waals surface area contributed by atoms with E-state index in [0.717, 1.165) is 10.0 Å². The maximum Gasteiger partial charge on any atom is 0.345 e. The number of nitro groups is 1. The summed E-state index contributed by atoms with van der Waals surface area (Å²) < 4.78 is 6.06. The third-order valence-corrected chi connectivity index (χ3v) is 3.45. The summed E-state index contributed by atoms with van der Waals surface area (Å²) in [4.78, 5) is 22.5. The van der Waals surface area contributed by atoms with Gasteiger partial charge in [0.25, 0.3) is 5.69 Å². The summed E-state index contributed by atoms with van der Waals surface area (Å²) >= 11 is 3.31. The van der Waals surface area contributed by atoms with E-state index in [0.29, 0.717) is 5.56 Å². The quantitative estimate of drug-likeness (QED) is 0.474. The highest BCUT2D eigenvalue weighted by molar-refractivity contribution is 9.10. The van der Waals surface area contributed by atoms with E-state index in [-0.39, 0.29) is 17.9 Å². The van der Waals surface area contributed by atoms with Crippen LogP contribution in [0.25, 0.3) is 0 Å². The summed E-state index contributed by atoms with van der Waals surface area (Å²) in [7, 11) is 0. The fraction of sp³-hybridized carbons (Fsp3) is 0.133. The molecule has 0 saturated heterocycles. The van der Waals surface area contributed by atoms with Crippen molar-refractivity contribution in [1.29, 1.82) is 0 Å². The van der Waals surface area contributed by atoms with Crippen molar-refractivity contribution in [2.24, 2.45) is 0 Å². The molecule has 0 N–H and O–H groups in total. The van der Waals surface area contributed by atoms with Crippen LogP contribution in [-0.4, -0.2) is 10.9 Å². The molecule has 0 radical (unpaired) electrons. The molecule has 0 fully saturated rings. The Labute approximate surface area is 129 Å². The van der Waals surface area contributed by atoms with Crippen LogP contribution >= 0.6 is 15.9 Å². The van der Waals surface area contributed by atoms with E-state index in [2.05, 4.69) is 15.9 Å². The molecule has 0 aromatic heterocycles. The van der Waals surface area contributed by atoms with Crippen LogP contribution in [0.15, 0.2) is 46.9 Å². The molecular weight excluding hydrogens is 338 g/mol. The third-order valence-electron chi connectivity index (χ3n) is 2.92. The summed E-state index contributed by atoms with van der Waals surface area (Å²) in [5.74, 6) is -0.701. The van der Waals surface area contributed by atoms with Gasteiger partial charge >= 0.3 is 5.97 Å². The second-order valence-corrected chi connectivity index (χ2v) is 5.35. The van der Waals surface area contributed by atoms with Crippen LogP contribution in [0.5, 0.6) is 0 Å². The van der Waals surface area contributed by atoms with E-state index < -0.39 is 10.9 Å². The Bertz CT molecular complexity index is 683. The average molecular weight is 350 g/mol. The van der Waals surface area contributed by atoms with Crippen molar-refractivity contribution < 1.29 is 14.5 Å². The highest BCUT2D eigenvalue weighted by Gasteiger charge is 2.23.